The van der Waals surface area contributed by atoms with E-state index in [-0.39, 0.29) is 5.82 Å². The Kier molecular flexibility index (Phi) is 4.70. The van der Waals surface area contributed by atoms with Crippen LogP contribution >= 0.6 is 0 Å². The number of hydrogen-bond acceptors (Lipinski definition) is 2. The van der Waals surface area contributed by atoms with Crippen molar-refractivity contribution in [2.24, 2.45) is 4.99 Å². The lowest BCUT2D eigenvalue weighted by molar-refractivity contribution is 0.475. The third-order valence-corrected chi connectivity index (χ3v) is 2.90. The summed E-state index contributed by atoms with van der Waals surface area (Å²) < 4.78 is 12.9. The number of benzene rings is 1. The number of aromatic amines is 1. The van der Waals surface area contributed by atoms with Crippen molar-refractivity contribution in [1.82, 2.24) is 20.4 Å². The molecule has 0 atom stereocenters. The highest BCUT2D eigenvalue weighted by Crippen LogP contribution is 2.05. The molecule has 0 radical (unpaired) electrons. The van der Waals surface area contributed by atoms with Crippen LogP contribution in [0.25, 0.3) is 0 Å². The van der Waals surface area contributed by atoms with Crippen LogP contribution in [0.4, 0.5) is 4.39 Å². The lowest BCUT2D eigenvalue weighted by atomic mass is 10.2. The number of aromatic nitrogens is 2. The lowest BCUT2D eigenvalue weighted by Crippen LogP contribution is -2.38. The van der Waals surface area contributed by atoms with E-state index in [0.29, 0.717) is 13.1 Å². The monoisotopic (exact) mass is 275 g/mol. The standard InChI is InChI=1S/C14H18FN5/c1-16-14(17-9-13-7-8-18-19-13)20(2)10-11-3-5-12(15)6-4-11/h3-8H,9-10H2,1-2H3,(H,16,17)(H,18,19). The zero-order chi connectivity index (χ0) is 14.4. The van der Waals surface area contributed by atoms with Crippen LogP contribution in [-0.2, 0) is 13.1 Å². The van der Waals surface area contributed by atoms with Gasteiger partial charge in [0.05, 0.1) is 12.2 Å². The maximum atomic E-state index is 12.9. The fraction of sp³-hybridized carbons (Fsp3) is 0.286. The molecule has 1 aromatic heterocycles. The van der Waals surface area contributed by atoms with Gasteiger partial charge in [0.15, 0.2) is 5.96 Å². The Morgan fingerprint density at radius 3 is 2.70 bits per heavy atom. The fourth-order valence-electron chi connectivity index (χ4n) is 1.88. The molecule has 0 fully saturated rings. The molecule has 0 aliphatic heterocycles. The number of nitrogens with one attached hydrogen (secondary N) is 2. The van der Waals surface area contributed by atoms with Gasteiger partial charge in [-0.1, -0.05) is 12.1 Å². The molecule has 0 saturated carbocycles. The van der Waals surface area contributed by atoms with E-state index in [1.165, 1.54) is 12.1 Å². The first kappa shape index (κ1) is 14.0. The van der Waals surface area contributed by atoms with Gasteiger partial charge in [0.25, 0.3) is 0 Å². The molecule has 0 unspecified atom stereocenters. The van der Waals surface area contributed by atoms with E-state index in [1.54, 1.807) is 25.4 Å². The van der Waals surface area contributed by atoms with Gasteiger partial charge in [-0.05, 0) is 23.8 Å². The van der Waals surface area contributed by atoms with E-state index in [1.807, 2.05) is 18.0 Å². The summed E-state index contributed by atoms with van der Waals surface area (Å²) in [5.74, 6) is 0.544. The summed E-state index contributed by atoms with van der Waals surface area (Å²) in [6, 6.07) is 8.37. The molecule has 5 nitrogen and oxygen atoms in total. The molecule has 0 bridgehead atoms. The van der Waals surface area contributed by atoms with E-state index >= 15 is 0 Å². The summed E-state index contributed by atoms with van der Waals surface area (Å²) in [6.07, 6.45) is 1.71. The Morgan fingerprint density at radius 2 is 2.10 bits per heavy atom. The first-order valence-electron chi connectivity index (χ1n) is 6.33. The first-order valence-corrected chi connectivity index (χ1v) is 6.33. The molecule has 0 saturated heterocycles. The van der Waals surface area contributed by atoms with Gasteiger partial charge < -0.3 is 10.2 Å². The van der Waals surface area contributed by atoms with Crippen LogP contribution in [0, 0.1) is 5.82 Å². The number of aliphatic imine (C=N–C) groups is 1. The molecular weight excluding hydrogens is 257 g/mol. The molecule has 106 valence electrons. The average molecular weight is 275 g/mol. The first-order chi connectivity index (χ1) is 9.69. The Morgan fingerprint density at radius 1 is 1.35 bits per heavy atom. The SMILES string of the molecule is CN=C(NCc1ccn[nH]1)N(C)Cc1ccc(F)cc1. The van der Waals surface area contributed by atoms with Gasteiger partial charge in [-0.25, -0.2) is 4.39 Å². The number of halogens is 1. The minimum absolute atomic E-state index is 0.224. The topological polar surface area (TPSA) is 56.3 Å². The average Bonchev–Trinajstić information content (AvgIpc) is 2.95. The van der Waals surface area contributed by atoms with Crippen LogP contribution in [0.1, 0.15) is 11.3 Å². The summed E-state index contributed by atoms with van der Waals surface area (Å²) in [7, 11) is 3.67. The Labute approximate surface area is 117 Å². The van der Waals surface area contributed by atoms with Crippen molar-refractivity contribution in [2.45, 2.75) is 13.1 Å². The van der Waals surface area contributed by atoms with E-state index in [2.05, 4.69) is 20.5 Å². The Bertz CT molecular complexity index is 547. The van der Waals surface area contributed by atoms with E-state index in [4.69, 9.17) is 0 Å². The highest BCUT2D eigenvalue weighted by molar-refractivity contribution is 5.79. The quantitative estimate of drug-likeness (QED) is 0.660. The van der Waals surface area contributed by atoms with Crippen molar-refractivity contribution in [3.63, 3.8) is 0 Å². The summed E-state index contributed by atoms with van der Waals surface area (Å²) in [6.45, 7) is 1.28. The van der Waals surface area contributed by atoms with Crippen LogP contribution in [0.5, 0.6) is 0 Å². The summed E-state index contributed by atoms with van der Waals surface area (Å²) in [5.41, 5.74) is 2.01. The number of rotatable bonds is 4. The van der Waals surface area contributed by atoms with Crippen LogP contribution in [0.3, 0.4) is 0 Å². The molecule has 2 N–H and O–H groups in total. The molecule has 1 aromatic carbocycles. The van der Waals surface area contributed by atoms with Gasteiger partial charge in [0.1, 0.15) is 5.82 Å². The maximum absolute atomic E-state index is 12.9. The molecule has 1 heterocycles. The van der Waals surface area contributed by atoms with Gasteiger partial charge in [-0.2, -0.15) is 5.10 Å². The molecule has 0 aliphatic carbocycles. The minimum Gasteiger partial charge on any atom is -0.351 e. The summed E-state index contributed by atoms with van der Waals surface area (Å²) in [4.78, 5) is 6.20. The lowest BCUT2D eigenvalue weighted by Gasteiger charge is -2.22. The molecule has 2 rings (SSSR count). The molecular formula is C14H18FN5. The molecule has 20 heavy (non-hydrogen) atoms. The number of nitrogens with zero attached hydrogens (tertiary/aromatic N) is 3. The molecule has 0 amide bonds. The second-order valence-corrected chi connectivity index (χ2v) is 4.47. The normalized spacial score (nSPS) is 11.4. The van der Waals surface area contributed by atoms with Gasteiger partial charge in [0, 0.05) is 26.8 Å². The molecule has 0 aliphatic rings. The van der Waals surface area contributed by atoms with Gasteiger partial charge in [-0.3, -0.25) is 10.1 Å². The second kappa shape index (κ2) is 6.70. The second-order valence-electron chi connectivity index (χ2n) is 4.47. The molecule has 6 heteroatoms. The highest BCUT2D eigenvalue weighted by Gasteiger charge is 2.07. The number of hydrogen-bond donors (Lipinski definition) is 2. The van der Waals surface area contributed by atoms with Crippen LogP contribution in [0.15, 0.2) is 41.5 Å². The fourth-order valence-corrected chi connectivity index (χ4v) is 1.88. The smallest absolute Gasteiger partial charge is 0.194 e. The third kappa shape index (κ3) is 3.81. The Hall–Kier alpha value is -2.37. The van der Waals surface area contributed by atoms with Crippen LogP contribution < -0.4 is 5.32 Å². The van der Waals surface area contributed by atoms with Crippen molar-refractivity contribution in [3.8, 4) is 0 Å². The molecule has 0 spiro atoms. The van der Waals surface area contributed by atoms with Crippen LogP contribution in [-0.4, -0.2) is 35.2 Å². The number of H-pyrrole nitrogens is 1. The minimum atomic E-state index is -0.224. The zero-order valence-corrected chi connectivity index (χ0v) is 11.6. The predicted molar refractivity (Wildman–Crippen MR) is 76.7 cm³/mol. The summed E-state index contributed by atoms with van der Waals surface area (Å²) >= 11 is 0. The van der Waals surface area contributed by atoms with Crippen molar-refractivity contribution in [3.05, 3.63) is 53.6 Å². The highest BCUT2D eigenvalue weighted by atomic mass is 19.1. The van der Waals surface area contributed by atoms with Crippen molar-refractivity contribution in [2.75, 3.05) is 14.1 Å². The zero-order valence-electron chi connectivity index (χ0n) is 11.6. The third-order valence-electron chi connectivity index (χ3n) is 2.90. The van der Waals surface area contributed by atoms with Crippen LogP contribution in [0.2, 0.25) is 0 Å². The number of guanidine groups is 1. The van der Waals surface area contributed by atoms with Gasteiger partial charge in [0.2, 0.25) is 0 Å². The van der Waals surface area contributed by atoms with Crippen molar-refractivity contribution < 1.29 is 4.39 Å². The Balaban J connectivity index is 1.91. The van der Waals surface area contributed by atoms with Crippen molar-refractivity contribution in [1.29, 1.82) is 0 Å². The van der Waals surface area contributed by atoms with E-state index in [0.717, 1.165) is 17.2 Å². The largest absolute Gasteiger partial charge is 0.351 e. The maximum Gasteiger partial charge on any atom is 0.194 e. The van der Waals surface area contributed by atoms with E-state index in [9.17, 15) is 4.39 Å². The van der Waals surface area contributed by atoms with E-state index < -0.39 is 0 Å². The van der Waals surface area contributed by atoms with Crippen molar-refractivity contribution >= 4 is 5.96 Å². The van der Waals surface area contributed by atoms with Gasteiger partial charge >= 0.3 is 0 Å². The molecule has 2 aromatic rings. The predicted octanol–water partition coefficient (Wildman–Crippen LogP) is 1.76. The van der Waals surface area contributed by atoms with Gasteiger partial charge in [-0.15, -0.1) is 0 Å². The summed E-state index contributed by atoms with van der Waals surface area (Å²) in [5, 5.41) is 10.0.